The van der Waals surface area contributed by atoms with E-state index in [4.69, 9.17) is 11.6 Å². The summed E-state index contributed by atoms with van der Waals surface area (Å²) in [6, 6.07) is 3.22. The van der Waals surface area contributed by atoms with Gasteiger partial charge in [0.2, 0.25) is 0 Å². The monoisotopic (exact) mass is 354 g/mol. The molecule has 2 amide bonds. The Balaban J connectivity index is 0.00000242. The van der Waals surface area contributed by atoms with Crippen molar-refractivity contribution in [1.29, 1.82) is 0 Å². The molecule has 0 spiro atoms. The summed E-state index contributed by atoms with van der Waals surface area (Å²) in [5, 5.41) is 5.40. The number of amides is 2. The quantitative estimate of drug-likeness (QED) is 0.575. The second kappa shape index (κ2) is 8.52. The summed E-state index contributed by atoms with van der Waals surface area (Å²) in [5.74, 6) is 0. The topological polar surface area (TPSA) is 98.3 Å². The number of carbonyl (C=O) groups is 1. The van der Waals surface area contributed by atoms with Crippen LogP contribution in [0.2, 0.25) is 5.02 Å². The molecule has 0 atom stereocenters. The average molecular weight is 355 g/mol. The molecule has 2 N–H and O–H groups in total. The first-order valence-corrected chi connectivity index (χ1v) is 8.47. The molecule has 0 aromatic heterocycles. The van der Waals surface area contributed by atoms with Crippen molar-refractivity contribution in [3.8, 4) is 0 Å². The molecule has 22 heavy (non-hydrogen) atoms. The largest absolute Gasteiger partial charge is 1.00 e. The van der Waals surface area contributed by atoms with Crippen molar-refractivity contribution in [2.45, 2.75) is 43.0 Å². The Hall–Kier alpha value is -0.310. The summed E-state index contributed by atoms with van der Waals surface area (Å²) in [6.07, 6.45) is 5.21. The molecule has 0 bridgehead atoms. The third kappa shape index (κ3) is 6.06. The van der Waals surface area contributed by atoms with Crippen LogP contribution in [0.4, 0.5) is 10.5 Å². The molecule has 2 rings (SSSR count). The minimum Gasteiger partial charge on any atom is -0.744 e. The summed E-state index contributed by atoms with van der Waals surface area (Å²) in [7, 11) is -4.62. The molecule has 0 unspecified atom stereocenters. The van der Waals surface area contributed by atoms with Crippen LogP contribution in [0.25, 0.3) is 0 Å². The van der Waals surface area contributed by atoms with Gasteiger partial charge in [-0.15, -0.1) is 0 Å². The molecular formula is C13H16ClN2NaO4S. The maximum absolute atomic E-state index is 11.9. The van der Waals surface area contributed by atoms with Gasteiger partial charge in [0.1, 0.15) is 10.1 Å². The first-order chi connectivity index (χ1) is 9.84. The zero-order chi connectivity index (χ0) is 15.5. The average Bonchev–Trinajstić information content (AvgIpc) is 2.37. The van der Waals surface area contributed by atoms with Gasteiger partial charge in [-0.2, -0.15) is 0 Å². The van der Waals surface area contributed by atoms with Crippen LogP contribution in [0.1, 0.15) is 32.1 Å². The van der Waals surface area contributed by atoms with E-state index in [0.29, 0.717) is 0 Å². The number of nitrogens with one attached hydrogen (secondary N) is 2. The van der Waals surface area contributed by atoms with Gasteiger partial charge in [0.05, 0.1) is 4.90 Å². The summed E-state index contributed by atoms with van der Waals surface area (Å²) >= 11 is 5.76. The van der Waals surface area contributed by atoms with Gasteiger partial charge in [-0.05, 0) is 31.0 Å². The van der Waals surface area contributed by atoms with Crippen molar-refractivity contribution < 1.29 is 47.3 Å². The Kier molecular flexibility index (Phi) is 7.64. The second-order valence-corrected chi connectivity index (χ2v) is 6.88. The number of halogens is 1. The van der Waals surface area contributed by atoms with Gasteiger partial charge in [-0.1, -0.05) is 30.9 Å². The minimum atomic E-state index is -4.62. The van der Waals surface area contributed by atoms with Crippen LogP contribution in [0.15, 0.2) is 23.1 Å². The summed E-state index contributed by atoms with van der Waals surface area (Å²) in [6.45, 7) is 0. The first kappa shape index (κ1) is 19.7. The van der Waals surface area contributed by atoms with E-state index < -0.39 is 21.0 Å². The first-order valence-electron chi connectivity index (χ1n) is 6.68. The van der Waals surface area contributed by atoms with Gasteiger partial charge < -0.3 is 15.2 Å². The second-order valence-electron chi connectivity index (χ2n) is 5.06. The van der Waals surface area contributed by atoms with Crippen molar-refractivity contribution >= 4 is 33.4 Å². The number of hydrogen-bond donors (Lipinski definition) is 2. The molecule has 1 aromatic carbocycles. The zero-order valence-electron chi connectivity index (χ0n) is 12.3. The number of carbonyl (C=O) groups excluding carboxylic acids is 1. The van der Waals surface area contributed by atoms with Crippen LogP contribution in [0.5, 0.6) is 0 Å². The van der Waals surface area contributed by atoms with Crippen molar-refractivity contribution in [2.24, 2.45) is 0 Å². The molecule has 6 nitrogen and oxygen atoms in total. The molecule has 1 saturated carbocycles. The Bertz CT molecular complexity index is 633. The van der Waals surface area contributed by atoms with Gasteiger partial charge in [-0.25, -0.2) is 13.2 Å². The van der Waals surface area contributed by atoms with Crippen molar-refractivity contribution in [2.75, 3.05) is 5.32 Å². The van der Waals surface area contributed by atoms with E-state index in [1.54, 1.807) is 0 Å². The van der Waals surface area contributed by atoms with E-state index in [1.165, 1.54) is 12.5 Å². The molecule has 1 aliphatic rings. The standard InChI is InChI=1S/C13H17ClN2O4S.Na/c14-9-6-11(8-12(7-9)21(18,19)20)16-13(17)15-10-4-2-1-3-5-10;/h6-8,10H,1-5H2,(H2,15,16,17)(H,18,19,20);/q;+1/p-1. The number of urea groups is 1. The fourth-order valence-electron chi connectivity index (χ4n) is 2.38. The number of rotatable bonds is 3. The third-order valence-electron chi connectivity index (χ3n) is 3.36. The van der Waals surface area contributed by atoms with Crippen LogP contribution in [-0.4, -0.2) is 25.0 Å². The van der Waals surface area contributed by atoms with Gasteiger partial charge >= 0.3 is 35.6 Å². The van der Waals surface area contributed by atoms with E-state index in [1.807, 2.05) is 0 Å². The van der Waals surface area contributed by atoms with Crippen LogP contribution in [0.3, 0.4) is 0 Å². The van der Waals surface area contributed by atoms with Gasteiger partial charge in [0, 0.05) is 16.8 Å². The van der Waals surface area contributed by atoms with E-state index >= 15 is 0 Å². The van der Waals surface area contributed by atoms with Crippen LogP contribution in [-0.2, 0) is 10.1 Å². The molecule has 0 aliphatic heterocycles. The van der Waals surface area contributed by atoms with Gasteiger partial charge in [0.25, 0.3) is 0 Å². The van der Waals surface area contributed by atoms with E-state index in [-0.39, 0.29) is 46.3 Å². The SMILES string of the molecule is O=C(Nc1cc(Cl)cc(S(=O)(=O)[O-])c1)NC1CCCCC1.[Na+]. The molecule has 116 valence electrons. The van der Waals surface area contributed by atoms with E-state index in [2.05, 4.69) is 10.6 Å². The fraction of sp³-hybridized carbons (Fsp3) is 0.462. The Morgan fingerprint density at radius 3 is 2.41 bits per heavy atom. The molecule has 1 aliphatic carbocycles. The zero-order valence-corrected chi connectivity index (χ0v) is 15.8. The molecule has 0 saturated heterocycles. The normalized spacial score (nSPS) is 15.7. The smallest absolute Gasteiger partial charge is 0.744 e. The van der Waals surface area contributed by atoms with Crippen molar-refractivity contribution in [3.05, 3.63) is 23.2 Å². The summed E-state index contributed by atoms with van der Waals surface area (Å²) in [5.41, 5.74) is 0.172. The molecule has 1 fully saturated rings. The van der Waals surface area contributed by atoms with Gasteiger partial charge in [0.15, 0.2) is 0 Å². The maximum Gasteiger partial charge on any atom is 1.00 e. The Labute approximate surface area is 157 Å². The number of anilines is 1. The number of hydrogen-bond acceptors (Lipinski definition) is 4. The van der Waals surface area contributed by atoms with Crippen molar-refractivity contribution in [1.82, 2.24) is 5.32 Å². The Morgan fingerprint density at radius 2 is 1.82 bits per heavy atom. The van der Waals surface area contributed by atoms with Crippen LogP contribution >= 0.6 is 11.6 Å². The fourth-order valence-corrected chi connectivity index (χ4v) is 3.22. The maximum atomic E-state index is 11.9. The molecule has 0 heterocycles. The summed E-state index contributed by atoms with van der Waals surface area (Å²) in [4.78, 5) is 11.4. The van der Waals surface area contributed by atoms with E-state index in [9.17, 15) is 17.8 Å². The minimum absolute atomic E-state index is 0. The van der Waals surface area contributed by atoms with Crippen LogP contribution in [0, 0.1) is 0 Å². The summed E-state index contributed by atoms with van der Waals surface area (Å²) < 4.78 is 33.0. The molecule has 1 aromatic rings. The van der Waals surface area contributed by atoms with Crippen LogP contribution < -0.4 is 40.2 Å². The van der Waals surface area contributed by atoms with Crippen molar-refractivity contribution in [3.63, 3.8) is 0 Å². The van der Waals surface area contributed by atoms with E-state index in [0.717, 1.165) is 37.8 Å². The molecule has 9 heteroatoms. The predicted octanol–water partition coefficient (Wildman–Crippen LogP) is -0.298. The third-order valence-corrected chi connectivity index (χ3v) is 4.39. The number of benzene rings is 1. The molecule has 0 radical (unpaired) electrons. The Morgan fingerprint density at radius 1 is 1.18 bits per heavy atom. The van der Waals surface area contributed by atoms with Gasteiger partial charge in [-0.3, -0.25) is 0 Å². The predicted molar refractivity (Wildman–Crippen MR) is 78.4 cm³/mol. The molecular weight excluding hydrogens is 339 g/mol.